The average molecular weight is 392 g/mol. The van der Waals surface area contributed by atoms with E-state index in [0.29, 0.717) is 18.8 Å². The molecule has 0 N–H and O–H groups in total. The lowest BCUT2D eigenvalue weighted by atomic mass is 10.1. The molecule has 0 bridgehead atoms. The first-order valence-electron chi connectivity index (χ1n) is 10.1. The monoisotopic (exact) mass is 392 g/mol. The van der Waals surface area contributed by atoms with Crippen molar-refractivity contribution in [1.29, 1.82) is 5.26 Å². The Labute approximate surface area is 175 Å². The summed E-state index contributed by atoms with van der Waals surface area (Å²) in [5.41, 5.74) is 6.66. The summed E-state index contributed by atoms with van der Waals surface area (Å²) in [4.78, 5) is 23.8. The summed E-state index contributed by atoms with van der Waals surface area (Å²) in [6, 6.07) is 20.2. The second-order valence-corrected chi connectivity index (χ2v) is 7.75. The van der Waals surface area contributed by atoms with Gasteiger partial charge in [0.1, 0.15) is 5.69 Å². The Bertz CT molecular complexity index is 1190. The van der Waals surface area contributed by atoms with Crippen molar-refractivity contribution < 1.29 is 4.79 Å². The lowest BCUT2D eigenvalue weighted by Gasteiger charge is -2.15. The Balaban J connectivity index is 1.41. The van der Waals surface area contributed by atoms with Gasteiger partial charge in [-0.3, -0.25) is 9.78 Å². The fourth-order valence-electron chi connectivity index (χ4n) is 4.11. The van der Waals surface area contributed by atoms with Gasteiger partial charge < -0.3 is 4.90 Å². The predicted molar refractivity (Wildman–Crippen MR) is 115 cm³/mol. The number of carbonyl (C=O) groups excluding carboxylic acids is 1. The molecule has 5 heteroatoms. The van der Waals surface area contributed by atoms with E-state index >= 15 is 0 Å². The number of pyridine rings is 2. The first-order valence-corrected chi connectivity index (χ1v) is 10.1. The summed E-state index contributed by atoms with van der Waals surface area (Å²) < 4.78 is 0. The SMILES string of the molecule is N#CC1CCN(C(=O)c2cccc(-c3cnc4c(c3)C=C(c3ccccc3)C4)n2)C1. The Morgan fingerprint density at radius 1 is 1.10 bits per heavy atom. The highest BCUT2D eigenvalue weighted by atomic mass is 16.2. The van der Waals surface area contributed by atoms with Gasteiger partial charge >= 0.3 is 0 Å². The topological polar surface area (TPSA) is 69.9 Å². The first-order chi connectivity index (χ1) is 14.7. The van der Waals surface area contributed by atoms with Crippen LogP contribution in [0.15, 0.2) is 60.8 Å². The van der Waals surface area contributed by atoms with Crippen LogP contribution in [0.5, 0.6) is 0 Å². The molecule has 1 fully saturated rings. The van der Waals surface area contributed by atoms with Gasteiger partial charge in [-0.25, -0.2) is 4.98 Å². The molecule has 3 aromatic rings. The molecule has 1 aliphatic carbocycles. The molecule has 5 rings (SSSR count). The van der Waals surface area contributed by atoms with E-state index in [2.05, 4.69) is 40.3 Å². The van der Waals surface area contributed by atoms with Crippen LogP contribution in [0.3, 0.4) is 0 Å². The van der Waals surface area contributed by atoms with Crippen molar-refractivity contribution in [1.82, 2.24) is 14.9 Å². The number of aromatic nitrogens is 2. The van der Waals surface area contributed by atoms with E-state index in [0.717, 1.165) is 35.4 Å². The van der Waals surface area contributed by atoms with Crippen molar-refractivity contribution in [3.05, 3.63) is 83.3 Å². The number of rotatable bonds is 3. The number of benzene rings is 1. The van der Waals surface area contributed by atoms with Gasteiger partial charge in [-0.05, 0) is 47.4 Å². The highest BCUT2D eigenvalue weighted by Crippen LogP contribution is 2.32. The largest absolute Gasteiger partial charge is 0.336 e. The third kappa shape index (κ3) is 3.37. The van der Waals surface area contributed by atoms with Gasteiger partial charge in [-0.2, -0.15) is 5.26 Å². The molecule has 0 saturated carbocycles. The summed E-state index contributed by atoms with van der Waals surface area (Å²) in [6.45, 7) is 1.09. The molecular weight excluding hydrogens is 372 g/mol. The van der Waals surface area contributed by atoms with Crippen molar-refractivity contribution in [2.75, 3.05) is 13.1 Å². The number of likely N-dealkylation sites (tertiary alicyclic amines) is 1. The van der Waals surface area contributed by atoms with E-state index in [-0.39, 0.29) is 11.8 Å². The molecule has 5 nitrogen and oxygen atoms in total. The van der Waals surface area contributed by atoms with Crippen LogP contribution in [0.25, 0.3) is 22.9 Å². The number of carbonyl (C=O) groups is 1. The van der Waals surface area contributed by atoms with Crippen LogP contribution < -0.4 is 0 Å². The molecule has 2 aromatic heterocycles. The molecule has 1 aromatic carbocycles. The van der Waals surface area contributed by atoms with E-state index in [1.165, 1.54) is 11.1 Å². The molecule has 3 heterocycles. The lowest BCUT2D eigenvalue weighted by molar-refractivity contribution is 0.0784. The van der Waals surface area contributed by atoms with Gasteiger partial charge in [0.15, 0.2) is 0 Å². The molecule has 1 aliphatic heterocycles. The van der Waals surface area contributed by atoms with Gasteiger partial charge in [0.25, 0.3) is 5.91 Å². The molecule has 146 valence electrons. The van der Waals surface area contributed by atoms with Crippen molar-refractivity contribution in [3.8, 4) is 17.3 Å². The molecule has 0 radical (unpaired) electrons. The normalized spacial score (nSPS) is 17.4. The van der Waals surface area contributed by atoms with Crippen molar-refractivity contribution in [2.45, 2.75) is 12.8 Å². The molecule has 1 saturated heterocycles. The first kappa shape index (κ1) is 18.3. The maximum Gasteiger partial charge on any atom is 0.272 e. The van der Waals surface area contributed by atoms with Crippen LogP contribution >= 0.6 is 0 Å². The van der Waals surface area contributed by atoms with Crippen LogP contribution in [0.4, 0.5) is 0 Å². The van der Waals surface area contributed by atoms with Crippen LogP contribution in [0, 0.1) is 17.2 Å². The maximum absolute atomic E-state index is 12.8. The molecule has 30 heavy (non-hydrogen) atoms. The highest BCUT2D eigenvalue weighted by molar-refractivity contribution is 5.93. The Morgan fingerprint density at radius 3 is 2.77 bits per heavy atom. The predicted octanol–water partition coefficient (Wildman–Crippen LogP) is 4.23. The number of allylic oxidation sites excluding steroid dienone is 1. The van der Waals surface area contributed by atoms with Gasteiger partial charge in [-0.1, -0.05) is 36.4 Å². The van der Waals surface area contributed by atoms with E-state index in [1.54, 1.807) is 11.0 Å². The highest BCUT2D eigenvalue weighted by Gasteiger charge is 2.27. The number of hydrogen-bond donors (Lipinski definition) is 0. The fourth-order valence-corrected chi connectivity index (χ4v) is 4.11. The molecule has 2 aliphatic rings. The second kappa shape index (κ2) is 7.57. The summed E-state index contributed by atoms with van der Waals surface area (Å²) in [7, 11) is 0. The van der Waals surface area contributed by atoms with Crippen LogP contribution in [0.2, 0.25) is 0 Å². The van der Waals surface area contributed by atoms with Crippen LogP contribution in [0.1, 0.15) is 33.7 Å². The Hall–Kier alpha value is -3.78. The van der Waals surface area contributed by atoms with Gasteiger partial charge in [0.2, 0.25) is 0 Å². The van der Waals surface area contributed by atoms with Gasteiger partial charge in [-0.15, -0.1) is 0 Å². The van der Waals surface area contributed by atoms with Crippen LogP contribution in [-0.4, -0.2) is 33.9 Å². The minimum atomic E-state index is -0.116. The zero-order chi connectivity index (χ0) is 20.5. The van der Waals surface area contributed by atoms with E-state index in [4.69, 9.17) is 5.26 Å². The van der Waals surface area contributed by atoms with Crippen molar-refractivity contribution >= 4 is 17.6 Å². The smallest absolute Gasteiger partial charge is 0.272 e. The number of nitrogens with zero attached hydrogens (tertiary/aromatic N) is 4. The Morgan fingerprint density at radius 2 is 1.97 bits per heavy atom. The summed E-state index contributed by atoms with van der Waals surface area (Å²) >= 11 is 0. The van der Waals surface area contributed by atoms with Crippen LogP contribution in [-0.2, 0) is 6.42 Å². The fraction of sp³-hybridized carbons (Fsp3) is 0.200. The van der Waals surface area contributed by atoms with E-state index < -0.39 is 0 Å². The molecule has 1 amide bonds. The van der Waals surface area contributed by atoms with Crippen molar-refractivity contribution in [3.63, 3.8) is 0 Å². The number of fused-ring (bicyclic) bond motifs is 1. The number of amides is 1. The quantitative estimate of drug-likeness (QED) is 0.669. The van der Waals surface area contributed by atoms with Gasteiger partial charge in [0.05, 0.1) is 23.4 Å². The summed E-state index contributed by atoms with van der Waals surface area (Å²) in [5, 5.41) is 9.08. The molecule has 1 unspecified atom stereocenters. The Kier molecular flexibility index (Phi) is 4.61. The molecular formula is C25H20N4O. The minimum Gasteiger partial charge on any atom is -0.336 e. The zero-order valence-corrected chi connectivity index (χ0v) is 16.5. The number of nitriles is 1. The third-order valence-electron chi connectivity index (χ3n) is 5.76. The van der Waals surface area contributed by atoms with E-state index in [9.17, 15) is 4.79 Å². The maximum atomic E-state index is 12.8. The summed E-state index contributed by atoms with van der Waals surface area (Å²) in [6.07, 6.45) is 5.56. The molecule has 0 spiro atoms. The minimum absolute atomic E-state index is 0.0800. The third-order valence-corrected chi connectivity index (χ3v) is 5.76. The molecule has 1 atom stereocenters. The average Bonchev–Trinajstić information content (AvgIpc) is 3.46. The van der Waals surface area contributed by atoms with E-state index in [1.807, 2.05) is 36.5 Å². The lowest BCUT2D eigenvalue weighted by Crippen LogP contribution is -2.29. The van der Waals surface area contributed by atoms with Crippen molar-refractivity contribution in [2.24, 2.45) is 5.92 Å². The zero-order valence-electron chi connectivity index (χ0n) is 16.5. The summed E-state index contributed by atoms with van der Waals surface area (Å²) in [5.74, 6) is -0.196. The number of hydrogen-bond acceptors (Lipinski definition) is 4. The van der Waals surface area contributed by atoms with Gasteiger partial charge in [0, 0.05) is 31.3 Å². The second-order valence-electron chi connectivity index (χ2n) is 7.75. The standard InChI is InChI=1S/C25H20N4O/c26-14-17-9-10-29(16-17)25(30)23-8-4-7-22(28-23)21-12-20-11-19(13-24(20)27-15-21)18-5-2-1-3-6-18/h1-8,11-12,15,17H,9-10,13,16H2.